The first kappa shape index (κ1) is 14.4. The number of anilines is 1. The average molecular weight is 292 g/mol. The first-order valence-electron chi connectivity index (χ1n) is 5.84. The van der Waals surface area contributed by atoms with Crippen LogP contribution >= 0.6 is 0 Å². The minimum absolute atomic E-state index is 0.0602. The summed E-state index contributed by atoms with van der Waals surface area (Å²) in [5, 5.41) is 24.0. The zero-order valence-electron chi connectivity index (χ0n) is 11.3. The van der Waals surface area contributed by atoms with E-state index in [9.17, 15) is 14.9 Å². The fourth-order valence-electron chi connectivity index (χ4n) is 1.64. The molecule has 2 aromatic rings. The molecule has 0 aliphatic rings. The number of aromatic nitrogens is 4. The number of benzene rings is 1. The van der Waals surface area contributed by atoms with Gasteiger partial charge in [0.15, 0.2) is 5.82 Å². The van der Waals surface area contributed by atoms with Crippen molar-refractivity contribution in [1.29, 1.82) is 0 Å². The number of carbonyl (C=O) groups is 1. The first-order valence-corrected chi connectivity index (χ1v) is 5.84. The minimum atomic E-state index is -0.554. The van der Waals surface area contributed by atoms with E-state index < -0.39 is 10.8 Å². The molecule has 0 saturated carbocycles. The number of amides is 1. The highest BCUT2D eigenvalue weighted by atomic mass is 16.6. The summed E-state index contributed by atoms with van der Waals surface area (Å²) in [6, 6.07) is 3.93. The molecule has 1 aromatic heterocycles. The van der Waals surface area contributed by atoms with Crippen molar-refractivity contribution in [3.05, 3.63) is 34.1 Å². The van der Waals surface area contributed by atoms with Crippen molar-refractivity contribution < 1.29 is 14.5 Å². The fourth-order valence-corrected chi connectivity index (χ4v) is 1.64. The summed E-state index contributed by atoms with van der Waals surface area (Å²) >= 11 is 0. The second-order valence-electron chi connectivity index (χ2n) is 4.09. The monoisotopic (exact) mass is 292 g/mol. The van der Waals surface area contributed by atoms with Gasteiger partial charge in [0.1, 0.15) is 5.75 Å². The molecular formula is C11H12N6O4. The highest BCUT2D eigenvalue weighted by Gasteiger charge is 2.15. The number of tetrazole rings is 1. The summed E-state index contributed by atoms with van der Waals surface area (Å²) in [4.78, 5) is 22.1. The Labute approximate surface area is 118 Å². The highest BCUT2D eigenvalue weighted by molar-refractivity contribution is 5.93. The third kappa shape index (κ3) is 3.29. The summed E-state index contributed by atoms with van der Waals surface area (Å²) in [5.41, 5.74) is 0.0678. The van der Waals surface area contributed by atoms with Gasteiger partial charge in [-0.3, -0.25) is 14.9 Å². The molecule has 10 heteroatoms. The summed E-state index contributed by atoms with van der Waals surface area (Å²) in [6.45, 7) is 0. The lowest BCUT2D eigenvalue weighted by Gasteiger charge is -2.09. The molecule has 1 amide bonds. The Morgan fingerprint density at radius 1 is 1.52 bits per heavy atom. The van der Waals surface area contributed by atoms with Gasteiger partial charge < -0.3 is 10.1 Å². The summed E-state index contributed by atoms with van der Waals surface area (Å²) in [5.74, 6) is 0.286. The number of aryl methyl sites for hydroxylation is 1. The molecule has 0 atom stereocenters. The predicted molar refractivity (Wildman–Crippen MR) is 70.8 cm³/mol. The second kappa shape index (κ2) is 5.94. The van der Waals surface area contributed by atoms with Gasteiger partial charge in [-0.15, -0.1) is 5.10 Å². The van der Waals surface area contributed by atoms with Gasteiger partial charge in [-0.1, -0.05) is 0 Å². The normalized spacial score (nSPS) is 10.2. The van der Waals surface area contributed by atoms with Gasteiger partial charge in [0.25, 0.3) is 5.69 Å². The fraction of sp³-hybridized carbons (Fsp3) is 0.273. The number of nitrogens with one attached hydrogen (secondary N) is 1. The Morgan fingerprint density at radius 3 is 2.86 bits per heavy atom. The van der Waals surface area contributed by atoms with Crippen LogP contribution in [0.3, 0.4) is 0 Å². The maximum Gasteiger partial charge on any atom is 0.271 e. The number of nitro groups is 1. The molecule has 0 radical (unpaired) electrons. The van der Waals surface area contributed by atoms with E-state index in [2.05, 4.69) is 20.8 Å². The van der Waals surface area contributed by atoms with Gasteiger partial charge in [0.05, 0.1) is 24.1 Å². The van der Waals surface area contributed by atoms with Crippen LogP contribution in [0, 0.1) is 10.1 Å². The summed E-state index contributed by atoms with van der Waals surface area (Å²) < 4.78 is 6.42. The number of nitrogens with zero attached hydrogens (tertiary/aromatic N) is 5. The molecule has 0 aliphatic carbocycles. The summed E-state index contributed by atoms with van der Waals surface area (Å²) in [7, 11) is 3.01. The third-order valence-electron chi connectivity index (χ3n) is 2.69. The van der Waals surface area contributed by atoms with Crippen molar-refractivity contribution in [3.63, 3.8) is 0 Å². The van der Waals surface area contributed by atoms with Crippen molar-refractivity contribution >= 4 is 17.3 Å². The number of carbonyl (C=O) groups excluding carboxylic acids is 1. The molecule has 21 heavy (non-hydrogen) atoms. The van der Waals surface area contributed by atoms with Crippen LogP contribution in [0.25, 0.3) is 0 Å². The maximum atomic E-state index is 11.9. The van der Waals surface area contributed by atoms with Crippen molar-refractivity contribution in [1.82, 2.24) is 20.2 Å². The molecule has 110 valence electrons. The van der Waals surface area contributed by atoms with E-state index in [1.165, 1.54) is 30.0 Å². The van der Waals surface area contributed by atoms with Crippen molar-refractivity contribution in [2.75, 3.05) is 12.4 Å². The topological polar surface area (TPSA) is 125 Å². The highest BCUT2D eigenvalue weighted by Crippen LogP contribution is 2.28. The van der Waals surface area contributed by atoms with Gasteiger partial charge in [-0.25, -0.2) is 4.68 Å². The molecule has 1 aromatic carbocycles. The lowest BCUT2D eigenvalue weighted by Crippen LogP contribution is -2.17. The zero-order valence-corrected chi connectivity index (χ0v) is 11.3. The molecule has 0 fully saturated rings. The number of nitro benzene ring substituents is 1. The molecule has 1 heterocycles. The molecule has 0 bridgehead atoms. The smallest absolute Gasteiger partial charge is 0.271 e. The van der Waals surface area contributed by atoms with Gasteiger partial charge >= 0.3 is 0 Å². The van der Waals surface area contributed by atoms with Crippen LogP contribution in [0.2, 0.25) is 0 Å². The molecule has 2 rings (SSSR count). The number of hydrogen-bond donors (Lipinski definition) is 1. The van der Waals surface area contributed by atoms with Crippen molar-refractivity contribution in [2.24, 2.45) is 7.05 Å². The lowest BCUT2D eigenvalue weighted by atomic mass is 10.2. The second-order valence-corrected chi connectivity index (χ2v) is 4.09. The summed E-state index contributed by atoms with van der Waals surface area (Å²) in [6.07, 6.45) is -0.0602. The Hall–Kier alpha value is -3.04. The Balaban J connectivity index is 2.17. The van der Waals surface area contributed by atoms with E-state index in [0.717, 1.165) is 0 Å². The maximum absolute atomic E-state index is 11.9. The number of methoxy groups -OCH3 is 1. The largest absolute Gasteiger partial charge is 0.495 e. The van der Waals surface area contributed by atoms with Gasteiger partial charge in [0, 0.05) is 19.2 Å². The molecule has 0 aliphatic heterocycles. The Bertz CT molecular complexity index is 683. The quantitative estimate of drug-likeness (QED) is 0.620. The molecule has 1 N–H and O–H groups in total. The van der Waals surface area contributed by atoms with Crippen LogP contribution in [0.4, 0.5) is 11.4 Å². The zero-order chi connectivity index (χ0) is 15.4. The standard InChI is InChI=1S/C11H12N6O4/c1-16-10(13-14-15-16)6-11(18)12-8-5-7(17(19)20)3-4-9(8)21-2/h3-5H,6H2,1-2H3,(H,12,18). The molecule has 0 unspecified atom stereocenters. The Kier molecular flexibility index (Phi) is 4.07. The minimum Gasteiger partial charge on any atom is -0.495 e. The molecule has 0 saturated heterocycles. The van der Waals surface area contributed by atoms with Crippen molar-refractivity contribution in [2.45, 2.75) is 6.42 Å². The number of rotatable bonds is 5. The number of ether oxygens (including phenoxy) is 1. The van der Waals surface area contributed by atoms with E-state index in [4.69, 9.17) is 4.74 Å². The van der Waals surface area contributed by atoms with Gasteiger partial charge in [-0.05, 0) is 16.5 Å². The van der Waals surface area contributed by atoms with Crippen LogP contribution in [-0.2, 0) is 18.3 Å². The van der Waals surface area contributed by atoms with E-state index in [0.29, 0.717) is 11.6 Å². The number of non-ortho nitro benzene ring substituents is 1. The van der Waals surface area contributed by atoms with Crippen LogP contribution < -0.4 is 10.1 Å². The van der Waals surface area contributed by atoms with Crippen LogP contribution in [0.1, 0.15) is 5.82 Å². The van der Waals surface area contributed by atoms with Crippen LogP contribution in [-0.4, -0.2) is 38.1 Å². The van der Waals surface area contributed by atoms with E-state index in [-0.39, 0.29) is 17.8 Å². The van der Waals surface area contributed by atoms with Crippen molar-refractivity contribution in [3.8, 4) is 5.75 Å². The molecule has 0 spiro atoms. The molecule has 10 nitrogen and oxygen atoms in total. The van der Waals surface area contributed by atoms with Crippen LogP contribution in [0.15, 0.2) is 18.2 Å². The van der Waals surface area contributed by atoms with Gasteiger partial charge in [0.2, 0.25) is 5.91 Å². The molecular weight excluding hydrogens is 280 g/mol. The van der Waals surface area contributed by atoms with Crippen LogP contribution in [0.5, 0.6) is 5.75 Å². The Morgan fingerprint density at radius 2 is 2.29 bits per heavy atom. The van der Waals surface area contributed by atoms with Gasteiger partial charge in [-0.2, -0.15) is 0 Å². The van der Waals surface area contributed by atoms with E-state index in [1.54, 1.807) is 7.05 Å². The average Bonchev–Trinajstić information content (AvgIpc) is 2.84. The van der Waals surface area contributed by atoms with E-state index >= 15 is 0 Å². The first-order chi connectivity index (χ1) is 10.0. The number of hydrogen-bond acceptors (Lipinski definition) is 7. The SMILES string of the molecule is COc1ccc([N+](=O)[O-])cc1NC(=O)Cc1nnnn1C. The lowest BCUT2D eigenvalue weighted by molar-refractivity contribution is -0.384. The third-order valence-corrected chi connectivity index (χ3v) is 2.69. The van der Waals surface area contributed by atoms with E-state index in [1.807, 2.05) is 0 Å². The predicted octanol–water partition coefficient (Wildman–Crippen LogP) is 0.308.